The highest BCUT2D eigenvalue weighted by atomic mass is 16.5. The van der Waals surface area contributed by atoms with Gasteiger partial charge in [0.2, 0.25) is 0 Å². The average molecular weight is 242 g/mol. The van der Waals surface area contributed by atoms with Crippen molar-refractivity contribution in [2.75, 3.05) is 7.11 Å². The van der Waals surface area contributed by atoms with E-state index in [-0.39, 0.29) is 6.04 Å². The Morgan fingerprint density at radius 3 is 2.89 bits per heavy atom. The fraction of sp³-hybridized carbons (Fsp3) is 0.231. The summed E-state index contributed by atoms with van der Waals surface area (Å²) >= 11 is 0. The van der Waals surface area contributed by atoms with Crippen LogP contribution in [0.4, 0.5) is 0 Å². The highest BCUT2D eigenvalue weighted by Crippen LogP contribution is 2.28. The first-order valence-electron chi connectivity index (χ1n) is 5.54. The molecule has 1 atom stereocenters. The van der Waals surface area contributed by atoms with Crippen LogP contribution in [0.25, 0.3) is 5.69 Å². The lowest BCUT2D eigenvalue weighted by Gasteiger charge is -2.15. The van der Waals surface area contributed by atoms with Gasteiger partial charge in [0.15, 0.2) is 0 Å². The fourth-order valence-corrected chi connectivity index (χ4v) is 1.85. The van der Waals surface area contributed by atoms with Crippen LogP contribution in [-0.4, -0.2) is 16.7 Å². The number of imidazole rings is 1. The predicted molar refractivity (Wildman–Crippen MR) is 67.4 cm³/mol. The van der Waals surface area contributed by atoms with Crippen molar-refractivity contribution in [3.05, 3.63) is 42.0 Å². The first-order chi connectivity index (χ1) is 8.69. The molecule has 5 nitrogen and oxygen atoms in total. The molecule has 0 spiro atoms. The average Bonchev–Trinajstić information content (AvgIpc) is 2.86. The van der Waals surface area contributed by atoms with Crippen LogP contribution < -0.4 is 10.5 Å². The zero-order chi connectivity index (χ0) is 13.1. The Morgan fingerprint density at radius 2 is 2.28 bits per heavy atom. The maximum Gasteiger partial charge on any atom is 0.144 e. The van der Waals surface area contributed by atoms with Gasteiger partial charge < -0.3 is 10.5 Å². The molecule has 18 heavy (non-hydrogen) atoms. The Kier molecular flexibility index (Phi) is 3.31. The molecule has 1 heterocycles. The summed E-state index contributed by atoms with van der Waals surface area (Å²) in [6, 6.07) is 7.31. The first-order valence-corrected chi connectivity index (χ1v) is 5.54. The molecule has 0 aliphatic rings. The van der Waals surface area contributed by atoms with Crippen LogP contribution in [0.3, 0.4) is 0 Å². The van der Waals surface area contributed by atoms with Crippen LogP contribution >= 0.6 is 0 Å². The van der Waals surface area contributed by atoms with E-state index in [1.54, 1.807) is 42.4 Å². The number of nitrogens with two attached hydrogens (primary N) is 1. The monoisotopic (exact) mass is 242 g/mol. The third kappa shape index (κ3) is 1.94. The molecule has 0 bridgehead atoms. The molecule has 2 aromatic rings. The molecule has 0 fully saturated rings. The summed E-state index contributed by atoms with van der Waals surface area (Å²) in [6.45, 7) is 1.87. The van der Waals surface area contributed by atoms with E-state index in [0.717, 1.165) is 5.69 Å². The van der Waals surface area contributed by atoms with E-state index in [4.69, 9.17) is 10.5 Å². The SMILES string of the molecule is COc1cccc(C#N)c1-n1cncc1[C@H](C)N. The van der Waals surface area contributed by atoms with Gasteiger partial charge in [-0.25, -0.2) is 4.98 Å². The quantitative estimate of drug-likeness (QED) is 0.889. The van der Waals surface area contributed by atoms with Crippen molar-refractivity contribution in [3.8, 4) is 17.5 Å². The second-order valence-corrected chi connectivity index (χ2v) is 3.95. The Bertz CT molecular complexity index is 595. The molecule has 0 saturated carbocycles. The lowest BCUT2D eigenvalue weighted by molar-refractivity contribution is 0.412. The molecular weight excluding hydrogens is 228 g/mol. The van der Waals surface area contributed by atoms with Crippen molar-refractivity contribution in [1.82, 2.24) is 9.55 Å². The number of rotatable bonds is 3. The normalized spacial score (nSPS) is 11.9. The van der Waals surface area contributed by atoms with Gasteiger partial charge in [-0.3, -0.25) is 4.57 Å². The number of benzene rings is 1. The first kappa shape index (κ1) is 12.1. The summed E-state index contributed by atoms with van der Waals surface area (Å²) in [5.74, 6) is 0.619. The van der Waals surface area contributed by atoms with Crippen LogP contribution in [0.5, 0.6) is 5.75 Å². The molecule has 2 rings (SSSR count). The number of para-hydroxylation sites is 1. The highest BCUT2D eigenvalue weighted by Gasteiger charge is 2.15. The van der Waals surface area contributed by atoms with E-state index in [1.807, 2.05) is 6.92 Å². The van der Waals surface area contributed by atoms with Crippen LogP contribution in [0.2, 0.25) is 0 Å². The number of ether oxygens (including phenoxy) is 1. The molecule has 5 heteroatoms. The minimum Gasteiger partial charge on any atom is -0.495 e. The zero-order valence-corrected chi connectivity index (χ0v) is 10.3. The van der Waals surface area contributed by atoms with Gasteiger partial charge >= 0.3 is 0 Å². The van der Waals surface area contributed by atoms with Crippen molar-refractivity contribution >= 4 is 0 Å². The van der Waals surface area contributed by atoms with Crippen LogP contribution in [-0.2, 0) is 0 Å². The van der Waals surface area contributed by atoms with Gasteiger partial charge in [0.25, 0.3) is 0 Å². The van der Waals surface area contributed by atoms with Crippen molar-refractivity contribution < 1.29 is 4.74 Å². The molecule has 1 aromatic heterocycles. The fourth-order valence-electron chi connectivity index (χ4n) is 1.85. The zero-order valence-electron chi connectivity index (χ0n) is 10.3. The number of hydrogen-bond acceptors (Lipinski definition) is 4. The lowest BCUT2D eigenvalue weighted by atomic mass is 10.1. The number of hydrogen-bond donors (Lipinski definition) is 1. The van der Waals surface area contributed by atoms with Gasteiger partial charge in [-0.15, -0.1) is 0 Å². The Labute approximate surface area is 105 Å². The van der Waals surface area contributed by atoms with Crippen LogP contribution in [0.15, 0.2) is 30.7 Å². The Hall–Kier alpha value is -2.32. The molecule has 92 valence electrons. The Morgan fingerprint density at radius 1 is 1.50 bits per heavy atom. The van der Waals surface area contributed by atoms with Crippen molar-refractivity contribution in [2.24, 2.45) is 5.73 Å². The molecule has 0 unspecified atom stereocenters. The molecule has 2 N–H and O–H groups in total. The smallest absolute Gasteiger partial charge is 0.144 e. The minimum atomic E-state index is -0.177. The number of nitrogens with zero attached hydrogens (tertiary/aromatic N) is 3. The highest BCUT2D eigenvalue weighted by molar-refractivity contribution is 5.58. The third-order valence-electron chi connectivity index (χ3n) is 2.71. The topological polar surface area (TPSA) is 76.9 Å². The van der Waals surface area contributed by atoms with Gasteiger partial charge in [-0.2, -0.15) is 5.26 Å². The van der Waals surface area contributed by atoms with Crippen LogP contribution in [0, 0.1) is 11.3 Å². The van der Waals surface area contributed by atoms with E-state index in [1.165, 1.54) is 0 Å². The molecular formula is C13H14N4O. The summed E-state index contributed by atoms with van der Waals surface area (Å²) in [7, 11) is 1.57. The second-order valence-electron chi connectivity index (χ2n) is 3.95. The van der Waals surface area contributed by atoms with Gasteiger partial charge in [0.1, 0.15) is 17.5 Å². The van der Waals surface area contributed by atoms with Crippen LogP contribution in [0.1, 0.15) is 24.2 Å². The summed E-state index contributed by atoms with van der Waals surface area (Å²) in [4.78, 5) is 4.09. The summed E-state index contributed by atoms with van der Waals surface area (Å²) < 4.78 is 7.10. The summed E-state index contributed by atoms with van der Waals surface area (Å²) in [5.41, 5.74) is 7.92. The van der Waals surface area contributed by atoms with E-state index < -0.39 is 0 Å². The maximum atomic E-state index is 9.20. The molecule has 0 saturated heterocycles. The Balaban J connectivity index is 2.70. The standard InChI is InChI=1S/C13H14N4O/c1-9(15)11-7-16-8-17(11)13-10(6-14)4-3-5-12(13)18-2/h3-5,7-9H,15H2,1-2H3/t9-/m0/s1. The maximum absolute atomic E-state index is 9.20. The summed E-state index contributed by atoms with van der Waals surface area (Å²) in [5, 5.41) is 9.20. The van der Waals surface area contributed by atoms with Crippen molar-refractivity contribution in [2.45, 2.75) is 13.0 Å². The van der Waals surface area contributed by atoms with Crippen molar-refractivity contribution in [1.29, 1.82) is 5.26 Å². The molecule has 1 aromatic carbocycles. The molecule has 0 aliphatic heterocycles. The van der Waals surface area contributed by atoms with E-state index >= 15 is 0 Å². The lowest BCUT2D eigenvalue weighted by Crippen LogP contribution is -2.12. The largest absolute Gasteiger partial charge is 0.495 e. The van der Waals surface area contributed by atoms with E-state index in [9.17, 15) is 5.26 Å². The minimum absolute atomic E-state index is 0.177. The number of methoxy groups -OCH3 is 1. The predicted octanol–water partition coefficient (Wildman–Crippen LogP) is 1.77. The van der Waals surface area contributed by atoms with E-state index in [0.29, 0.717) is 17.0 Å². The van der Waals surface area contributed by atoms with Gasteiger partial charge in [-0.1, -0.05) is 6.07 Å². The second kappa shape index (κ2) is 4.90. The summed E-state index contributed by atoms with van der Waals surface area (Å²) in [6.07, 6.45) is 3.33. The number of nitriles is 1. The van der Waals surface area contributed by atoms with Gasteiger partial charge in [0.05, 0.1) is 30.9 Å². The van der Waals surface area contributed by atoms with Gasteiger partial charge in [-0.05, 0) is 19.1 Å². The molecule has 0 radical (unpaired) electrons. The number of aromatic nitrogens is 2. The van der Waals surface area contributed by atoms with Gasteiger partial charge in [0, 0.05) is 6.04 Å². The van der Waals surface area contributed by atoms with Crippen molar-refractivity contribution in [3.63, 3.8) is 0 Å². The molecule has 0 aliphatic carbocycles. The molecule has 0 amide bonds. The third-order valence-corrected chi connectivity index (χ3v) is 2.71. The van der Waals surface area contributed by atoms with E-state index in [2.05, 4.69) is 11.1 Å².